The number of rotatable bonds is 5. The molecule has 1 aliphatic heterocycles. The Bertz CT molecular complexity index is 1100. The van der Waals surface area contributed by atoms with Gasteiger partial charge in [0.1, 0.15) is 11.6 Å². The van der Waals surface area contributed by atoms with Crippen LogP contribution in [-0.2, 0) is 0 Å². The SMILES string of the molecule is C/C=C(Cl)/C=c1/c(N2CCCC2)nc(-c2c(Cl)c(C)cc(OC)c2Cl)n/c1=C/C.CCCC. The van der Waals surface area contributed by atoms with Crippen LogP contribution in [0.3, 0.4) is 0 Å². The average molecular weight is 511 g/mol. The molecule has 0 atom stereocenters. The summed E-state index contributed by atoms with van der Waals surface area (Å²) in [5, 5.41) is 3.24. The van der Waals surface area contributed by atoms with Crippen molar-refractivity contribution in [1.82, 2.24) is 9.97 Å². The lowest BCUT2D eigenvalue weighted by Gasteiger charge is -2.19. The van der Waals surface area contributed by atoms with Gasteiger partial charge in [-0.15, -0.1) is 0 Å². The molecule has 1 aliphatic rings. The predicted molar refractivity (Wildman–Crippen MR) is 144 cm³/mol. The number of ether oxygens (including phenoxy) is 1. The van der Waals surface area contributed by atoms with E-state index in [1.165, 1.54) is 12.8 Å². The maximum Gasteiger partial charge on any atom is 0.165 e. The average Bonchev–Trinajstić information content (AvgIpc) is 3.36. The van der Waals surface area contributed by atoms with Crippen molar-refractivity contribution in [3.05, 3.63) is 43.4 Å². The van der Waals surface area contributed by atoms with E-state index in [-0.39, 0.29) is 0 Å². The molecule has 180 valence electrons. The van der Waals surface area contributed by atoms with Gasteiger partial charge in [0.05, 0.1) is 28.1 Å². The largest absolute Gasteiger partial charge is 0.495 e. The summed E-state index contributed by atoms with van der Waals surface area (Å²) >= 11 is 19.6. The number of nitrogens with zero attached hydrogens (tertiary/aromatic N) is 3. The number of aromatic nitrogens is 2. The van der Waals surface area contributed by atoms with E-state index in [0.29, 0.717) is 32.2 Å². The second kappa shape index (κ2) is 13.2. The first-order valence-corrected chi connectivity index (χ1v) is 12.6. The molecule has 3 rings (SSSR count). The van der Waals surface area contributed by atoms with E-state index in [4.69, 9.17) is 49.5 Å². The van der Waals surface area contributed by atoms with Crippen molar-refractivity contribution < 1.29 is 4.74 Å². The molecule has 1 aromatic carbocycles. The van der Waals surface area contributed by atoms with E-state index in [9.17, 15) is 0 Å². The van der Waals surface area contributed by atoms with Gasteiger partial charge in [-0.25, -0.2) is 9.97 Å². The van der Waals surface area contributed by atoms with Crippen molar-refractivity contribution >= 4 is 52.8 Å². The Morgan fingerprint density at radius 2 is 1.73 bits per heavy atom. The second-order valence-electron chi connectivity index (χ2n) is 7.87. The van der Waals surface area contributed by atoms with E-state index >= 15 is 0 Å². The zero-order valence-corrected chi connectivity index (χ0v) is 22.7. The molecule has 0 N–H and O–H groups in total. The Hall–Kier alpha value is -1.75. The van der Waals surface area contributed by atoms with Crippen molar-refractivity contribution in [3.63, 3.8) is 0 Å². The smallest absolute Gasteiger partial charge is 0.165 e. The maximum atomic E-state index is 6.63. The van der Waals surface area contributed by atoms with Gasteiger partial charge in [-0.3, -0.25) is 0 Å². The predicted octanol–water partition coefficient (Wildman–Crippen LogP) is 6.90. The van der Waals surface area contributed by atoms with Gasteiger partial charge < -0.3 is 9.64 Å². The summed E-state index contributed by atoms with van der Waals surface area (Å²) < 4.78 is 5.43. The number of hydrogen-bond donors (Lipinski definition) is 0. The minimum absolute atomic E-state index is 0.403. The van der Waals surface area contributed by atoms with Crippen molar-refractivity contribution in [2.24, 2.45) is 0 Å². The molecule has 1 aromatic heterocycles. The lowest BCUT2D eigenvalue weighted by atomic mass is 10.1. The molecular formula is C26H34Cl3N3O. The highest BCUT2D eigenvalue weighted by Crippen LogP contribution is 2.41. The van der Waals surface area contributed by atoms with Crippen LogP contribution in [0.2, 0.25) is 10.0 Å². The van der Waals surface area contributed by atoms with Crippen LogP contribution in [-0.4, -0.2) is 30.2 Å². The fraction of sp³-hybridized carbons (Fsp3) is 0.462. The zero-order chi connectivity index (χ0) is 24.5. The van der Waals surface area contributed by atoms with Gasteiger partial charge in [0.25, 0.3) is 0 Å². The molecule has 0 spiro atoms. The Kier molecular flexibility index (Phi) is 11.0. The lowest BCUT2D eigenvalue weighted by Crippen LogP contribution is -2.37. The first kappa shape index (κ1) is 27.5. The van der Waals surface area contributed by atoms with Crippen LogP contribution in [0.1, 0.15) is 58.9 Å². The first-order valence-electron chi connectivity index (χ1n) is 11.5. The Morgan fingerprint density at radius 1 is 1.09 bits per heavy atom. The molecule has 1 fully saturated rings. The van der Waals surface area contributed by atoms with Crippen molar-refractivity contribution in [2.45, 2.75) is 60.3 Å². The van der Waals surface area contributed by atoms with Crippen LogP contribution < -0.4 is 20.2 Å². The van der Waals surface area contributed by atoms with E-state index in [0.717, 1.165) is 47.9 Å². The van der Waals surface area contributed by atoms with Gasteiger partial charge >= 0.3 is 0 Å². The first-order chi connectivity index (χ1) is 15.8. The van der Waals surface area contributed by atoms with Gasteiger partial charge in [-0.2, -0.15) is 0 Å². The number of benzene rings is 1. The highest BCUT2D eigenvalue weighted by Gasteiger charge is 2.22. The molecule has 0 aliphatic carbocycles. The molecule has 0 saturated carbocycles. The van der Waals surface area contributed by atoms with Gasteiger partial charge in [-0.05, 0) is 51.3 Å². The lowest BCUT2D eigenvalue weighted by molar-refractivity contribution is 0.415. The van der Waals surface area contributed by atoms with Crippen LogP contribution >= 0.6 is 34.8 Å². The summed E-state index contributed by atoms with van der Waals surface area (Å²) in [4.78, 5) is 12.0. The van der Waals surface area contributed by atoms with E-state index in [2.05, 4.69) is 18.7 Å². The normalized spacial score (nSPS) is 15.1. The number of allylic oxidation sites excluding steroid dienone is 2. The number of unbranched alkanes of at least 4 members (excludes halogenated alkanes) is 1. The van der Waals surface area contributed by atoms with E-state index in [1.807, 2.05) is 45.1 Å². The highest BCUT2D eigenvalue weighted by atomic mass is 35.5. The molecule has 33 heavy (non-hydrogen) atoms. The topological polar surface area (TPSA) is 38.2 Å². The van der Waals surface area contributed by atoms with Gasteiger partial charge in [0, 0.05) is 23.3 Å². The highest BCUT2D eigenvalue weighted by molar-refractivity contribution is 6.40. The summed E-state index contributed by atoms with van der Waals surface area (Å²) in [5.41, 5.74) is 1.43. The molecule has 0 unspecified atom stereocenters. The van der Waals surface area contributed by atoms with Crippen LogP contribution in [0.15, 0.2) is 17.2 Å². The summed E-state index contributed by atoms with van der Waals surface area (Å²) in [6, 6.07) is 1.82. The molecule has 2 heterocycles. The zero-order valence-electron chi connectivity index (χ0n) is 20.4. The monoisotopic (exact) mass is 509 g/mol. The summed E-state index contributed by atoms with van der Waals surface area (Å²) in [6.07, 6.45) is 10.6. The fourth-order valence-corrected chi connectivity index (χ4v) is 4.12. The van der Waals surface area contributed by atoms with Crippen molar-refractivity contribution in [1.29, 1.82) is 0 Å². The fourth-order valence-electron chi connectivity index (χ4n) is 3.42. The van der Waals surface area contributed by atoms with Gasteiger partial charge in [0.2, 0.25) is 0 Å². The molecule has 2 aromatic rings. The number of methoxy groups -OCH3 is 1. The van der Waals surface area contributed by atoms with E-state index in [1.54, 1.807) is 7.11 Å². The summed E-state index contributed by atoms with van der Waals surface area (Å²) in [6.45, 7) is 12.0. The van der Waals surface area contributed by atoms with Crippen molar-refractivity contribution in [2.75, 3.05) is 25.1 Å². The maximum absolute atomic E-state index is 6.63. The van der Waals surface area contributed by atoms with Crippen molar-refractivity contribution in [3.8, 4) is 17.1 Å². The molecule has 7 heteroatoms. The summed E-state index contributed by atoms with van der Waals surface area (Å²) in [5.74, 6) is 1.86. The molecular weight excluding hydrogens is 477 g/mol. The van der Waals surface area contributed by atoms with Gasteiger partial charge in [-0.1, -0.05) is 73.6 Å². The Morgan fingerprint density at radius 3 is 2.24 bits per heavy atom. The molecule has 0 radical (unpaired) electrons. The van der Waals surface area contributed by atoms with Crippen LogP contribution in [0.5, 0.6) is 5.75 Å². The molecule has 0 amide bonds. The third kappa shape index (κ3) is 6.65. The number of aryl methyl sites for hydroxylation is 1. The molecule has 0 bridgehead atoms. The number of hydrogen-bond acceptors (Lipinski definition) is 4. The van der Waals surface area contributed by atoms with Crippen LogP contribution in [0, 0.1) is 6.92 Å². The van der Waals surface area contributed by atoms with Crippen LogP contribution in [0.25, 0.3) is 23.5 Å². The standard InChI is InChI=1S/C22H24Cl3N3O.C4H10/c1-5-14(23)12-15-16(6-2)26-21(27-22(15)28-9-7-8-10-28)18-19(24)13(3)11-17(29-4)20(18)25;1-3-4-2/h5-6,11-12H,7-10H2,1-4H3;3-4H2,1-2H3/b14-5-,15-12+,16-6+;. The summed E-state index contributed by atoms with van der Waals surface area (Å²) in [7, 11) is 1.58. The number of anilines is 1. The minimum atomic E-state index is 0.403. The van der Waals surface area contributed by atoms with Crippen LogP contribution in [0.4, 0.5) is 5.82 Å². The number of halogens is 3. The quantitative estimate of drug-likeness (QED) is 0.438. The van der Waals surface area contributed by atoms with E-state index < -0.39 is 0 Å². The Labute approximate surface area is 212 Å². The second-order valence-corrected chi connectivity index (χ2v) is 9.06. The third-order valence-corrected chi connectivity index (χ3v) is 6.67. The van der Waals surface area contributed by atoms with Gasteiger partial charge in [0.15, 0.2) is 5.82 Å². The Balaban J connectivity index is 0.000000890. The minimum Gasteiger partial charge on any atom is -0.495 e. The molecule has 1 saturated heterocycles. The molecule has 4 nitrogen and oxygen atoms in total. The third-order valence-electron chi connectivity index (χ3n) is 5.48.